The summed E-state index contributed by atoms with van der Waals surface area (Å²) in [4.78, 5) is 18.4. The minimum atomic E-state index is 0. The number of hydrogen-bond donors (Lipinski definition) is 2. The zero-order valence-electron chi connectivity index (χ0n) is 16.9. The van der Waals surface area contributed by atoms with Crippen LogP contribution in [0.1, 0.15) is 29.7 Å². The topological polar surface area (TPSA) is 77.4 Å². The third-order valence-electron chi connectivity index (χ3n) is 5.70. The highest BCUT2D eigenvalue weighted by Gasteiger charge is 2.23. The van der Waals surface area contributed by atoms with Crippen LogP contribution in [0, 0.1) is 5.92 Å². The van der Waals surface area contributed by atoms with Crippen LogP contribution in [-0.4, -0.2) is 39.4 Å². The van der Waals surface area contributed by atoms with Gasteiger partial charge in [-0.3, -0.25) is 0 Å². The lowest BCUT2D eigenvalue weighted by atomic mass is 9.90. The fraction of sp³-hybridized carbons (Fsp3) is 0.261. The number of nitrogens with zero attached hydrogens (tertiary/aromatic N) is 4. The number of fused-ring (bicyclic) bond motifs is 1. The van der Waals surface area contributed by atoms with E-state index in [1.165, 1.54) is 5.56 Å². The monoisotopic (exact) mass is 457 g/mol. The first-order valence-electron chi connectivity index (χ1n) is 10.1. The van der Waals surface area contributed by atoms with Crippen LogP contribution in [0.5, 0.6) is 5.88 Å². The van der Waals surface area contributed by atoms with E-state index < -0.39 is 0 Å². The standard InChI is InChI=1S/C23H23N5O.2ClH/c29-22-20(14-18-15-25-21-19(18)7-4-10-24-21)26-23(27-22)28-11-8-17(9-12-28)13-16-5-2-1-3-6-16;;/h1-7,10,14-15,17,29H,8-9,11-13H2,(H,26,27);2*1H. The molecular weight excluding hydrogens is 433 g/mol. The van der Waals surface area contributed by atoms with Crippen LogP contribution in [0.4, 0.5) is 11.8 Å². The molecule has 2 N–H and O–H groups in total. The fourth-order valence-electron chi connectivity index (χ4n) is 4.11. The number of pyridine rings is 1. The van der Waals surface area contributed by atoms with Crippen molar-refractivity contribution < 1.29 is 5.11 Å². The van der Waals surface area contributed by atoms with Crippen molar-refractivity contribution in [2.75, 3.05) is 18.0 Å². The number of piperidine rings is 1. The largest absolute Gasteiger partial charge is 0.492 e. The van der Waals surface area contributed by atoms with Gasteiger partial charge in [-0.25, -0.2) is 9.98 Å². The molecule has 3 aromatic rings. The zero-order chi connectivity index (χ0) is 19.6. The van der Waals surface area contributed by atoms with Crippen molar-refractivity contribution >= 4 is 54.4 Å². The van der Waals surface area contributed by atoms with Gasteiger partial charge >= 0.3 is 0 Å². The Labute approximate surface area is 194 Å². The van der Waals surface area contributed by atoms with E-state index in [4.69, 9.17) is 0 Å². The molecule has 0 bridgehead atoms. The maximum absolute atomic E-state index is 10.3. The Morgan fingerprint density at radius 1 is 1.06 bits per heavy atom. The lowest BCUT2D eigenvalue weighted by Gasteiger charge is -2.31. The number of aromatic amines is 1. The number of halogens is 2. The smallest absolute Gasteiger partial charge is 0.238 e. The number of benzene rings is 1. The average Bonchev–Trinajstić information content (AvgIpc) is 3.33. The molecule has 0 saturated carbocycles. The molecule has 0 aliphatic carbocycles. The van der Waals surface area contributed by atoms with Gasteiger partial charge in [-0.2, -0.15) is 4.98 Å². The first-order chi connectivity index (χ1) is 14.3. The van der Waals surface area contributed by atoms with E-state index in [1.807, 2.05) is 18.2 Å². The summed E-state index contributed by atoms with van der Waals surface area (Å²) in [5.74, 6) is 2.15. The van der Waals surface area contributed by atoms with Crippen molar-refractivity contribution in [1.29, 1.82) is 0 Å². The Bertz CT molecular complexity index is 1070. The Morgan fingerprint density at radius 3 is 2.61 bits per heavy atom. The molecule has 6 nitrogen and oxygen atoms in total. The molecule has 0 amide bonds. The lowest BCUT2D eigenvalue weighted by Crippen LogP contribution is -2.35. The minimum absolute atomic E-state index is 0. The van der Waals surface area contributed by atoms with E-state index >= 15 is 0 Å². The average molecular weight is 458 g/mol. The molecule has 1 aromatic carbocycles. The molecule has 0 radical (unpaired) electrons. The molecular formula is C23H25Cl2N5O. The van der Waals surface area contributed by atoms with Gasteiger partial charge in [-0.1, -0.05) is 30.3 Å². The van der Waals surface area contributed by atoms with Gasteiger partial charge < -0.3 is 15.0 Å². The van der Waals surface area contributed by atoms with Crippen molar-refractivity contribution in [3.05, 3.63) is 65.5 Å². The molecule has 2 aliphatic rings. The molecule has 5 rings (SSSR count). The number of hydrogen-bond acceptors (Lipinski definition) is 5. The highest BCUT2D eigenvalue weighted by Crippen LogP contribution is 2.32. The Morgan fingerprint density at radius 2 is 1.84 bits per heavy atom. The predicted molar refractivity (Wildman–Crippen MR) is 130 cm³/mol. The summed E-state index contributed by atoms with van der Waals surface area (Å²) in [6, 6.07) is 14.6. The molecule has 0 atom stereocenters. The van der Waals surface area contributed by atoms with Gasteiger partial charge in [-0.15, -0.1) is 24.8 Å². The van der Waals surface area contributed by atoms with Crippen LogP contribution < -0.4 is 4.90 Å². The number of aliphatic imine (C=N–C) groups is 1. The highest BCUT2D eigenvalue weighted by atomic mass is 35.5. The van der Waals surface area contributed by atoms with Crippen molar-refractivity contribution in [2.45, 2.75) is 19.3 Å². The van der Waals surface area contributed by atoms with Gasteiger partial charge in [0, 0.05) is 36.6 Å². The first-order valence-corrected chi connectivity index (χ1v) is 10.1. The number of anilines is 1. The molecule has 0 spiro atoms. The normalized spacial score (nSPS) is 16.6. The van der Waals surface area contributed by atoms with Gasteiger partial charge in [0.25, 0.3) is 0 Å². The van der Waals surface area contributed by atoms with Crippen molar-refractivity contribution in [1.82, 2.24) is 15.0 Å². The lowest BCUT2D eigenvalue weighted by molar-refractivity contribution is 0.400. The Kier molecular flexibility index (Phi) is 7.36. The summed E-state index contributed by atoms with van der Waals surface area (Å²) in [5.41, 5.74) is 3.89. The molecule has 162 valence electrons. The van der Waals surface area contributed by atoms with Crippen molar-refractivity contribution in [2.24, 2.45) is 10.9 Å². The summed E-state index contributed by atoms with van der Waals surface area (Å²) >= 11 is 0. The maximum Gasteiger partial charge on any atom is 0.238 e. The van der Waals surface area contributed by atoms with Crippen LogP contribution in [0.2, 0.25) is 0 Å². The quantitative estimate of drug-likeness (QED) is 0.573. The second-order valence-corrected chi connectivity index (χ2v) is 7.65. The molecule has 4 heterocycles. The highest BCUT2D eigenvalue weighted by molar-refractivity contribution is 6.20. The van der Waals surface area contributed by atoms with E-state index in [0.717, 1.165) is 49.4 Å². The van der Waals surface area contributed by atoms with Gasteiger partial charge in [0.15, 0.2) is 5.82 Å². The predicted octanol–water partition coefficient (Wildman–Crippen LogP) is 5.07. The summed E-state index contributed by atoms with van der Waals surface area (Å²) < 4.78 is 0. The molecule has 1 saturated heterocycles. The summed E-state index contributed by atoms with van der Waals surface area (Å²) in [5, 5.41) is 10.3. The zero-order valence-corrected chi connectivity index (χ0v) is 18.6. The second-order valence-electron chi connectivity index (χ2n) is 7.65. The number of aromatic hydroxyl groups is 1. The van der Waals surface area contributed by atoms with Crippen LogP contribution >= 0.6 is 24.8 Å². The van der Waals surface area contributed by atoms with Crippen molar-refractivity contribution in [3.8, 4) is 5.88 Å². The molecule has 2 aromatic heterocycles. The van der Waals surface area contributed by atoms with Gasteiger partial charge in [0.2, 0.25) is 11.8 Å². The van der Waals surface area contributed by atoms with E-state index in [1.54, 1.807) is 12.4 Å². The van der Waals surface area contributed by atoms with E-state index in [2.05, 4.69) is 55.2 Å². The second kappa shape index (κ2) is 9.98. The summed E-state index contributed by atoms with van der Waals surface area (Å²) in [7, 11) is 0. The van der Waals surface area contributed by atoms with Crippen LogP contribution in [0.15, 0.2) is 53.7 Å². The number of nitrogens with one attached hydrogen (secondary N) is 1. The number of allylic oxidation sites excluding steroid dienone is 1. The molecule has 0 unspecified atom stereocenters. The van der Waals surface area contributed by atoms with Gasteiger partial charge in [0.05, 0.1) is 0 Å². The Hall–Kier alpha value is -2.83. The SMILES string of the molecule is Cl.Cl.Oc1nc(N2CCC(Cc3ccccc3)CC2)[nH]c1C=C1C=Nc2ncccc21. The van der Waals surface area contributed by atoms with Gasteiger partial charge in [-0.05, 0) is 49.0 Å². The van der Waals surface area contributed by atoms with Crippen LogP contribution in [0.3, 0.4) is 0 Å². The third-order valence-corrected chi connectivity index (χ3v) is 5.70. The van der Waals surface area contributed by atoms with E-state index in [0.29, 0.717) is 17.4 Å². The maximum atomic E-state index is 10.3. The van der Waals surface area contributed by atoms with Gasteiger partial charge in [0.1, 0.15) is 5.69 Å². The number of rotatable bonds is 4. The molecule has 31 heavy (non-hydrogen) atoms. The first kappa shape index (κ1) is 22.8. The Balaban J connectivity index is 0.00000136. The summed E-state index contributed by atoms with van der Waals surface area (Å²) in [6.45, 7) is 1.88. The van der Waals surface area contributed by atoms with Crippen LogP contribution in [-0.2, 0) is 6.42 Å². The van der Waals surface area contributed by atoms with Crippen molar-refractivity contribution in [3.63, 3.8) is 0 Å². The molecule has 8 heteroatoms. The molecule has 2 aliphatic heterocycles. The number of aromatic nitrogens is 3. The number of imidazole rings is 1. The van der Waals surface area contributed by atoms with Crippen LogP contribution in [0.25, 0.3) is 11.6 Å². The number of H-pyrrole nitrogens is 1. The molecule has 1 fully saturated rings. The van der Waals surface area contributed by atoms with E-state index in [-0.39, 0.29) is 30.7 Å². The fourth-order valence-corrected chi connectivity index (χ4v) is 4.11. The third kappa shape index (κ3) is 4.92. The summed E-state index contributed by atoms with van der Waals surface area (Å²) in [6.07, 6.45) is 8.75. The van der Waals surface area contributed by atoms with E-state index in [9.17, 15) is 5.11 Å². The minimum Gasteiger partial charge on any atom is -0.492 e.